The predicted molar refractivity (Wildman–Crippen MR) is 91.1 cm³/mol. The highest BCUT2D eigenvalue weighted by Gasteiger charge is 2.61. The maximum absolute atomic E-state index is 12.8. The monoisotopic (exact) mass is 344 g/mol. The van der Waals surface area contributed by atoms with E-state index in [2.05, 4.69) is 0 Å². The van der Waals surface area contributed by atoms with Crippen LogP contribution in [-0.4, -0.2) is 60.2 Å². The number of methoxy groups -OCH3 is 1. The third-order valence-corrected chi connectivity index (χ3v) is 5.73. The molecule has 3 saturated heterocycles. The van der Waals surface area contributed by atoms with Gasteiger partial charge in [0, 0.05) is 25.9 Å². The van der Waals surface area contributed by atoms with Crippen LogP contribution in [-0.2, 0) is 20.7 Å². The van der Waals surface area contributed by atoms with E-state index >= 15 is 0 Å². The van der Waals surface area contributed by atoms with Crippen molar-refractivity contribution in [3.8, 4) is 5.75 Å². The summed E-state index contributed by atoms with van der Waals surface area (Å²) >= 11 is 0. The number of nitrogens with zero attached hydrogens (tertiary/aromatic N) is 2. The number of benzene rings is 1. The van der Waals surface area contributed by atoms with Gasteiger partial charge in [0.15, 0.2) is 5.72 Å². The van der Waals surface area contributed by atoms with Crippen LogP contribution in [0.1, 0.15) is 31.2 Å². The molecule has 0 unspecified atom stereocenters. The van der Waals surface area contributed by atoms with Crippen molar-refractivity contribution in [2.45, 2.75) is 43.9 Å². The molecule has 25 heavy (non-hydrogen) atoms. The van der Waals surface area contributed by atoms with E-state index in [0.29, 0.717) is 32.4 Å². The molecule has 0 aromatic heterocycles. The van der Waals surface area contributed by atoms with Crippen LogP contribution < -0.4 is 4.74 Å². The zero-order valence-corrected chi connectivity index (χ0v) is 14.6. The van der Waals surface area contributed by atoms with Crippen LogP contribution in [0.3, 0.4) is 0 Å². The molecule has 2 atom stereocenters. The number of rotatable bonds is 4. The van der Waals surface area contributed by atoms with Crippen LogP contribution >= 0.6 is 0 Å². The lowest BCUT2D eigenvalue weighted by Crippen LogP contribution is -2.56. The van der Waals surface area contributed by atoms with Gasteiger partial charge in [-0.2, -0.15) is 0 Å². The molecule has 1 spiro atoms. The van der Waals surface area contributed by atoms with Crippen molar-refractivity contribution in [1.82, 2.24) is 9.80 Å². The Morgan fingerprint density at radius 1 is 1.36 bits per heavy atom. The van der Waals surface area contributed by atoms with Gasteiger partial charge in [-0.3, -0.25) is 9.59 Å². The molecule has 6 heteroatoms. The first-order valence-electron chi connectivity index (χ1n) is 9.01. The predicted octanol–water partition coefficient (Wildman–Crippen LogP) is 1.58. The fourth-order valence-corrected chi connectivity index (χ4v) is 4.54. The number of likely N-dealkylation sites (tertiary alicyclic amines) is 1. The summed E-state index contributed by atoms with van der Waals surface area (Å²) in [5.74, 6) is 1.02. The normalized spacial score (nSPS) is 28.0. The summed E-state index contributed by atoms with van der Waals surface area (Å²) < 4.78 is 11.4. The molecular weight excluding hydrogens is 320 g/mol. The molecule has 1 aromatic carbocycles. The standard InChI is InChI=1S/C19H24N2O4/c1-24-15-6-3-2-5-14(15)7-8-17(22)20-11-9-19-16(20)13-18(23)21(19)10-4-12-25-19/h2-3,5-6,16H,4,7-13H2,1H3/t16-,19+/m1/s1. The van der Waals surface area contributed by atoms with Gasteiger partial charge < -0.3 is 19.3 Å². The van der Waals surface area contributed by atoms with Gasteiger partial charge in [0.1, 0.15) is 5.75 Å². The summed E-state index contributed by atoms with van der Waals surface area (Å²) in [5.41, 5.74) is 0.473. The highest BCUT2D eigenvalue weighted by molar-refractivity contribution is 5.84. The first-order chi connectivity index (χ1) is 12.2. The summed E-state index contributed by atoms with van der Waals surface area (Å²) in [4.78, 5) is 28.9. The van der Waals surface area contributed by atoms with E-state index in [4.69, 9.17) is 9.47 Å². The lowest BCUT2D eigenvalue weighted by atomic mass is 10.0. The molecule has 4 rings (SSSR count). The van der Waals surface area contributed by atoms with Crippen LogP contribution in [0.5, 0.6) is 5.75 Å². The van der Waals surface area contributed by atoms with Gasteiger partial charge in [-0.25, -0.2) is 0 Å². The van der Waals surface area contributed by atoms with E-state index in [1.807, 2.05) is 34.1 Å². The fourth-order valence-electron chi connectivity index (χ4n) is 4.54. The minimum Gasteiger partial charge on any atom is -0.496 e. The van der Waals surface area contributed by atoms with E-state index in [9.17, 15) is 9.59 Å². The third-order valence-electron chi connectivity index (χ3n) is 5.73. The van der Waals surface area contributed by atoms with Gasteiger partial charge in [0.25, 0.3) is 0 Å². The maximum Gasteiger partial charge on any atom is 0.227 e. The number of amides is 2. The molecule has 3 aliphatic rings. The van der Waals surface area contributed by atoms with Crippen LogP contribution in [0.25, 0.3) is 0 Å². The molecular formula is C19H24N2O4. The number of carbonyl (C=O) groups excluding carboxylic acids is 2. The summed E-state index contributed by atoms with van der Waals surface area (Å²) in [6.07, 6.45) is 3.05. The summed E-state index contributed by atoms with van der Waals surface area (Å²) in [7, 11) is 1.64. The number of hydrogen-bond donors (Lipinski definition) is 0. The number of para-hydroxylation sites is 1. The number of carbonyl (C=O) groups is 2. The first-order valence-corrected chi connectivity index (χ1v) is 9.01. The Kier molecular flexibility index (Phi) is 4.15. The Morgan fingerprint density at radius 2 is 2.20 bits per heavy atom. The van der Waals surface area contributed by atoms with E-state index in [1.54, 1.807) is 7.11 Å². The van der Waals surface area contributed by atoms with Gasteiger partial charge in [-0.1, -0.05) is 18.2 Å². The van der Waals surface area contributed by atoms with Crippen LogP contribution in [0.4, 0.5) is 0 Å². The topological polar surface area (TPSA) is 59.1 Å². The first kappa shape index (κ1) is 16.4. The van der Waals surface area contributed by atoms with Gasteiger partial charge >= 0.3 is 0 Å². The molecule has 3 fully saturated rings. The molecule has 134 valence electrons. The molecule has 3 aliphatic heterocycles. The number of hydrogen-bond acceptors (Lipinski definition) is 4. The highest BCUT2D eigenvalue weighted by atomic mass is 16.5. The largest absolute Gasteiger partial charge is 0.496 e. The molecule has 1 aromatic rings. The van der Waals surface area contributed by atoms with Crippen molar-refractivity contribution in [1.29, 1.82) is 0 Å². The maximum atomic E-state index is 12.8. The van der Waals surface area contributed by atoms with Crippen molar-refractivity contribution >= 4 is 11.8 Å². The quantitative estimate of drug-likeness (QED) is 0.832. The molecule has 2 amide bonds. The second kappa shape index (κ2) is 6.33. The van der Waals surface area contributed by atoms with Crippen molar-refractivity contribution in [2.75, 3.05) is 26.8 Å². The van der Waals surface area contributed by atoms with Crippen molar-refractivity contribution in [3.63, 3.8) is 0 Å². The smallest absolute Gasteiger partial charge is 0.227 e. The Labute approximate surface area is 147 Å². The second-order valence-electron chi connectivity index (χ2n) is 6.96. The molecule has 0 bridgehead atoms. The third kappa shape index (κ3) is 2.59. The molecule has 0 N–H and O–H groups in total. The zero-order valence-electron chi connectivity index (χ0n) is 14.6. The molecule has 0 aliphatic carbocycles. The number of ether oxygens (including phenoxy) is 2. The van der Waals surface area contributed by atoms with Crippen LogP contribution in [0.2, 0.25) is 0 Å². The highest BCUT2D eigenvalue weighted by Crippen LogP contribution is 2.45. The molecule has 3 heterocycles. The van der Waals surface area contributed by atoms with E-state index in [-0.39, 0.29) is 17.9 Å². The Bertz CT molecular complexity index is 692. The summed E-state index contributed by atoms with van der Waals surface area (Å²) in [6.45, 7) is 2.08. The molecule has 6 nitrogen and oxygen atoms in total. The fraction of sp³-hybridized carbons (Fsp3) is 0.579. The lowest BCUT2D eigenvalue weighted by Gasteiger charge is -2.42. The number of aryl methyl sites for hydroxylation is 1. The zero-order chi connectivity index (χ0) is 17.4. The summed E-state index contributed by atoms with van der Waals surface area (Å²) in [6, 6.07) is 7.64. The van der Waals surface area contributed by atoms with Gasteiger partial charge in [0.2, 0.25) is 11.8 Å². The van der Waals surface area contributed by atoms with Crippen molar-refractivity contribution in [2.24, 2.45) is 0 Å². The lowest BCUT2D eigenvalue weighted by molar-refractivity contribution is -0.181. The molecule has 0 saturated carbocycles. The SMILES string of the molecule is COc1ccccc1CCC(=O)N1CC[C@@]23OCCCN2C(=O)C[C@@H]13. The van der Waals surface area contributed by atoms with E-state index < -0.39 is 5.72 Å². The van der Waals surface area contributed by atoms with Gasteiger partial charge in [-0.15, -0.1) is 0 Å². The van der Waals surface area contributed by atoms with E-state index in [0.717, 1.165) is 30.7 Å². The minimum absolute atomic E-state index is 0.0941. The Balaban J connectivity index is 1.46. The van der Waals surface area contributed by atoms with Gasteiger partial charge in [0.05, 0.1) is 26.2 Å². The minimum atomic E-state index is -0.560. The Morgan fingerprint density at radius 3 is 3.04 bits per heavy atom. The van der Waals surface area contributed by atoms with Crippen LogP contribution in [0, 0.1) is 0 Å². The average molecular weight is 344 g/mol. The second-order valence-corrected chi connectivity index (χ2v) is 6.96. The van der Waals surface area contributed by atoms with Crippen molar-refractivity contribution < 1.29 is 19.1 Å². The summed E-state index contributed by atoms with van der Waals surface area (Å²) in [5, 5.41) is 0. The van der Waals surface area contributed by atoms with E-state index in [1.165, 1.54) is 0 Å². The Hall–Kier alpha value is -2.08. The van der Waals surface area contributed by atoms with Crippen molar-refractivity contribution in [3.05, 3.63) is 29.8 Å². The average Bonchev–Trinajstić information content (AvgIpc) is 3.12. The van der Waals surface area contributed by atoms with Crippen LogP contribution in [0.15, 0.2) is 24.3 Å². The van der Waals surface area contributed by atoms with Gasteiger partial charge in [-0.05, 0) is 24.5 Å². The molecule has 0 radical (unpaired) electrons.